The zero-order chi connectivity index (χ0) is 10.8. The first kappa shape index (κ1) is 12.0. The van der Waals surface area contributed by atoms with Crippen LogP contribution in [0.15, 0.2) is 0 Å². The van der Waals surface area contributed by atoms with Gasteiger partial charge in [-0.15, -0.1) is 0 Å². The minimum atomic E-state index is -2.84. The fraction of sp³-hybridized carbons (Fsp3) is 1.00. The first-order chi connectivity index (χ1) is 6.31. The van der Waals surface area contributed by atoms with Crippen LogP contribution in [0, 0.1) is 5.41 Å². The van der Waals surface area contributed by atoms with Gasteiger partial charge >= 0.3 is 0 Å². The van der Waals surface area contributed by atoms with E-state index in [-0.39, 0.29) is 10.7 Å². The van der Waals surface area contributed by atoms with Crippen molar-refractivity contribution < 1.29 is 8.42 Å². The highest BCUT2D eigenvalue weighted by Gasteiger charge is 2.30. The molecule has 1 fully saturated rings. The third-order valence-corrected chi connectivity index (χ3v) is 5.45. The van der Waals surface area contributed by atoms with Gasteiger partial charge in [-0.3, -0.25) is 0 Å². The Hall–Kier alpha value is -0.0500. The van der Waals surface area contributed by atoms with Gasteiger partial charge in [0.05, 0.1) is 11.0 Å². The molecule has 1 aliphatic rings. The molecule has 0 unspecified atom stereocenters. The predicted molar refractivity (Wildman–Crippen MR) is 60.1 cm³/mol. The first-order valence-electron chi connectivity index (χ1n) is 5.53. The standard InChI is InChI=1S/C11H22O2S/c1-11(2,3)9-14(12,13)10-7-5-4-6-8-10/h10H,4-9H2,1-3H3. The van der Waals surface area contributed by atoms with E-state index in [0.717, 1.165) is 25.7 Å². The van der Waals surface area contributed by atoms with E-state index in [2.05, 4.69) is 0 Å². The van der Waals surface area contributed by atoms with E-state index in [1.54, 1.807) is 0 Å². The summed E-state index contributed by atoms with van der Waals surface area (Å²) in [6.07, 6.45) is 5.17. The van der Waals surface area contributed by atoms with E-state index >= 15 is 0 Å². The summed E-state index contributed by atoms with van der Waals surface area (Å²) >= 11 is 0. The maximum atomic E-state index is 12.0. The van der Waals surface area contributed by atoms with Gasteiger partial charge in [0.2, 0.25) is 0 Å². The Morgan fingerprint density at radius 3 is 2.00 bits per heavy atom. The van der Waals surface area contributed by atoms with Crippen molar-refractivity contribution in [2.24, 2.45) is 5.41 Å². The van der Waals surface area contributed by atoms with Gasteiger partial charge < -0.3 is 0 Å². The molecule has 0 aliphatic heterocycles. The van der Waals surface area contributed by atoms with Crippen LogP contribution in [0.5, 0.6) is 0 Å². The average molecular weight is 218 g/mol. The molecule has 0 atom stereocenters. The Balaban J connectivity index is 2.64. The maximum Gasteiger partial charge on any atom is 0.153 e. The lowest BCUT2D eigenvalue weighted by atomic mass is 10.00. The third kappa shape index (κ3) is 3.60. The largest absolute Gasteiger partial charge is 0.229 e. The minimum Gasteiger partial charge on any atom is -0.229 e. The van der Waals surface area contributed by atoms with Crippen LogP contribution < -0.4 is 0 Å². The summed E-state index contributed by atoms with van der Waals surface area (Å²) in [5, 5.41) is -0.0459. The van der Waals surface area contributed by atoms with Gasteiger partial charge in [0.25, 0.3) is 0 Å². The Bertz CT molecular complexity index is 266. The molecule has 2 nitrogen and oxygen atoms in total. The van der Waals surface area contributed by atoms with Crippen molar-refractivity contribution >= 4 is 9.84 Å². The van der Waals surface area contributed by atoms with Crippen LogP contribution in [-0.4, -0.2) is 19.4 Å². The Morgan fingerprint density at radius 2 is 1.57 bits per heavy atom. The summed E-state index contributed by atoms with van der Waals surface area (Å²) in [5.41, 5.74) is -0.101. The fourth-order valence-corrected chi connectivity index (χ4v) is 4.64. The lowest BCUT2D eigenvalue weighted by Gasteiger charge is -2.26. The number of hydrogen-bond acceptors (Lipinski definition) is 2. The van der Waals surface area contributed by atoms with Crippen LogP contribution in [0.3, 0.4) is 0 Å². The second-order valence-corrected chi connectivity index (χ2v) is 7.91. The van der Waals surface area contributed by atoms with Gasteiger partial charge in [-0.2, -0.15) is 0 Å². The van der Waals surface area contributed by atoms with Crippen LogP contribution >= 0.6 is 0 Å². The van der Waals surface area contributed by atoms with Crippen molar-refractivity contribution in [3.8, 4) is 0 Å². The van der Waals surface area contributed by atoms with Gasteiger partial charge in [-0.25, -0.2) is 8.42 Å². The van der Waals surface area contributed by atoms with E-state index in [1.807, 2.05) is 20.8 Å². The summed E-state index contributed by atoms with van der Waals surface area (Å²) < 4.78 is 24.0. The van der Waals surface area contributed by atoms with E-state index in [0.29, 0.717) is 5.75 Å². The molecule has 0 bridgehead atoms. The Kier molecular flexibility index (Phi) is 3.62. The van der Waals surface area contributed by atoms with Crippen molar-refractivity contribution in [2.75, 3.05) is 5.75 Å². The third-order valence-electron chi connectivity index (χ3n) is 2.69. The van der Waals surface area contributed by atoms with E-state index in [1.165, 1.54) is 6.42 Å². The van der Waals surface area contributed by atoms with Crippen LogP contribution in [0.4, 0.5) is 0 Å². The van der Waals surface area contributed by atoms with Crippen molar-refractivity contribution in [3.63, 3.8) is 0 Å². The minimum absolute atomic E-state index is 0.0459. The molecule has 0 radical (unpaired) electrons. The van der Waals surface area contributed by atoms with Gasteiger partial charge in [-0.1, -0.05) is 40.0 Å². The molecule has 1 aliphatic carbocycles. The summed E-state index contributed by atoms with van der Waals surface area (Å²) in [5.74, 6) is 0.338. The van der Waals surface area contributed by atoms with E-state index in [9.17, 15) is 8.42 Å². The quantitative estimate of drug-likeness (QED) is 0.714. The highest BCUT2D eigenvalue weighted by Crippen LogP contribution is 2.27. The lowest BCUT2D eigenvalue weighted by molar-refractivity contribution is 0.441. The number of sulfone groups is 1. The monoisotopic (exact) mass is 218 g/mol. The highest BCUT2D eigenvalue weighted by atomic mass is 32.2. The molecular weight excluding hydrogens is 196 g/mol. The van der Waals surface area contributed by atoms with E-state index in [4.69, 9.17) is 0 Å². The highest BCUT2D eigenvalue weighted by molar-refractivity contribution is 7.92. The molecule has 3 heteroatoms. The molecule has 14 heavy (non-hydrogen) atoms. The second kappa shape index (κ2) is 4.21. The molecule has 0 N–H and O–H groups in total. The van der Waals surface area contributed by atoms with Gasteiger partial charge in [0, 0.05) is 0 Å². The summed E-state index contributed by atoms with van der Waals surface area (Å²) in [7, 11) is -2.84. The molecule has 0 saturated heterocycles. The lowest BCUT2D eigenvalue weighted by Crippen LogP contribution is -2.31. The summed E-state index contributed by atoms with van der Waals surface area (Å²) in [4.78, 5) is 0. The molecule has 0 aromatic heterocycles. The maximum absolute atomic E-state index is 12.0. The normalized spacial score (nSPS) is 21.1. The molecule has 0 aromatic carbocycles. The Labute approximate surface area is 88.0 Å². The van der Waals surface area contributed by atoms with Crippen LogP contribution in [0.25, 0.3) is 0 Å². The first-order valence-corrected chi connectivity index (χ1v) is 7.24. The molecule has 0 spiro atoms. The van der Waals surface area contributed by atoms with Crippen LogP contribution in [0.2, 0.25) is 0 Å². The van der Waals surface area contributed by atoms with Gasteiger partial charge in [0.1, 0.15) is 0 Å². The molecule has 84 valence electrons. The molecular formula is C11H22O2S. The molecule has 0 heterocycles. The van der Waals surface area contributed by atoms with Crippen LogP contribution in [-0.2, 0) is 9.84 Å². The topological polar surface area (TPSA) is 34.1 Å². The predicted octanol–water partition coefficient (Wildman–Crippen LogP) is 2.78. The van der Waals surface area contributed by atoms with E-state index < -0.39 is 9.84 Å². The van der Waals surface area contributed by atoms with Crippen molar-refractivity contribution in [1.29, 1.82) is 0 Å². The smallest absolute Gasteiger partial charge is 0.153 e. The molecule has 0 amide bonds. The van der Waals surface area contributed by atoms with Crippen molar-refractivity contribution in [2.45, 2.75) is 58.1 Å². The van der Waals surface area contributed by atoms with Crippen molar-refractivity contribution in [3.05, 3.63) is 0 Å². The zero-order valence-corrected chi connectivity index (χ0v) is 10.4. The summed E-state index contributed by atoms with van der Waals surface area (Å²) in [6, 6.07) is 0. The van der Waals surface area contributed by atoms with Crippen LogP contribution in [0.1, 0.15) is 52.9 Å². The molecule has 0 aromatic rings. The Morgan fingerprint density at radius 1 is 1.07 bits per heavy atom. The van der Waals surface area contributed by atoms with Gasteiger partial charge in [0.15, 0.2) is 9.84 Å². The van der Waals surface area contributed by atoms with Gasteiger partial charge in [-0.05, 0) is 18.3 Å². The average Bonchev–Trinajstić information content (AvgIpc) is 2.01. The number of rotatable bonds is 2. The zero-order valence-electron chi connectivity index (χ0n) is 9.54. The molecule has 1 saturated carbocycles. The molecule has 1 rings (SSSR count). The summed E-state index contributed by atoms with van der Waals surface area (Å²) in [6.45, 7) is 5.98. The fourth-order valence-electron chi connectivity index (χ4n) is 2.15. The second-order valence-electron chi connectivity index (χ2n) is 5.63. The SMILES string of the molecule is CC(C)(C)CS(=O)(=O)C1CCCCC1. The number of hydrogen-bond donors (Lipinski definition) is 0. The van der Waals surface area contributed by atoms with Crippen molar-refractivity contribution in [1.82, 2.24) is 0 Å².